The largest absolute Gasteiger partial charge is 0.411 e. The van der Waals surface area contributed by atoms with E-state index < -0.39 is 12.8 Å². The lowest BCUT2D eigenvalue weighted by molar-refractivity contribution is -0.173. The van der Waals surface area contributed by atoms with Gasteiger partial charge in [0.05, 0.1) is 23.2 Å². The van der Waals surface area contributed by atoms with Crippen molar-refractivity contribution in [1.82, 2.24) is 4.98 Å². The van der Waals surface area contributed by atoms with E-state index in [0.29, 0.717) is 12.3 Å². The third-order valence-electron chi connectivity index (χ3n) is 1.46. The van der Waals surface area contributed by atoms with Crippen LogP contribution >= 0.6 is 22.9 Å². The molecule has 0 fully saturated rings. The minimum absolute atomic E-state index is 0.0226. The molecule has 0 aliphatic carbocycles. The first-order chi connectivity index (χ1) is 7.01. The van der Waals surface area contributed by atoms with Gasteiger partial charge in [-0.15, -0.1) is 22.9 Å². The van der Waals surface area contributed by atoms with Crippen molar-refractivity contribution in [3.63, 3.8) is 0 Å². The van der Waals surface area contributed by atoms with Crippen molar-refractivity contribution in [1.29, 1.82) is 0 Å². The van der Waals surface area contributed by atoms with Gasteiger partial charge in [0.1, 0.15) is 6.61 Å². The van der Waals surface area contributed by atoms with Crippen molar-refractivity contribution < 1.29 is 17.9 Å². The normalized spacial score (nSPS) is 12.0. The topological polar surface area (TPSA) is 22.1 Å². The molecule has 7 heteroatoms. The average molecular weight is 260 g/mol. The van der Waals surface area contributed by atoms with Crippen LogP contribution in [0, 0.1) is 0 Å². The number of ether oxygens (including phenoxy) is 1. The van der Waals surface area contributed by atoms with Crippen LogP contribution in [-0.2, 0) is 17.0 Å². The molecule has 0 radical (unpaired) electrons. The highest BCUT2D eigenvalue weighted by molar-refractivity contribution is 7.09. The highest BCUT2D eigenvalue weighted by Crippen LogP contribution is 2.15. The molecule has 0 unspecified atom stereocenters. The second-order valence-electron chi connectivity index (χ2n) is 2.78. The summed E-state index contributed by atoms with van der Waals surface area (Å²) in [6, 6.07) is 0. The van der Waals surface area contributed by atoms with Gasteiger partial charge in [0.2, 0.25) is 0 Å². The molecule has 0 saturated carbocycles. The molecule has 0 aliphatic rings. The van der Waals surface area contributed by atoms with E-state index in [4.69, 9.17) is 11.6 Å². The number of nitrogens with zero attached hydrogens (tertiary/aromatic N) is 1. The van der Waals surface area contributed by atoms with Gasteiger partial charge in [0.25, 0.3) is 0 Å². The monoisotopic (exact) mass is 259 g/mol. The van der Waals surface area contributed by atoms with E-state index in [-0.39, 0.29) is 6.61 Å². The van der Waals surface area contributed by atoms with Gasteiger partial charge in [-0.3, -0.25) is 0 Å². The Kier molecular flexibility index (Phi) is 4.82. The van der Waals surface area contributed by atoms with Crippen LogP contribution in [0.5, 0.6) is 0 Å². The van der Waals surface area contributed by atoms with Crippen LogP contribution in [0.3, 0.4) is 0 Å². The summed E-state index contributed by atoms with van der Waals surface area (Å²) in [7, 11) is 0. The second-order valence-corrected chi connectivity index (χ2v) is 3.99. The Hall–Kier alpha value is -0.330. The average Bonchev–Trinajstić information content (AvgIpc) is 2.59. The summed E-state index contributed by atoms with van der Waals surface area (Å²) in [6.45, 7) is -1.19. The molecule has 0 N–H and O–H groups in total. The van der Waals surface area contributed by atoms with Crippen LogP contribution in [0.25, 0.3) is 0 Å². The van der Waals surface area contributed by atoms with Gasteiger partial charge in [-0.2, -0.15) is 13.2 Å². The summed E-state index contributed by atoms with van der Waals surface area (Å²) in [5.74, 6) is 0.319. The van der Waals surface area contributed by atoms with Crippen LogP contribution in [0.2, 0.25) is 0 Å². The molecule has 0 atom stereocenters. The van der Waals surface area contributed by atoms with Gasteiger partial charge < -0.3 is 4.74 Å². The molecule has 1 aromatic rings. The lowest BCUT2D eigenvalue weighted by Crippen LogP contribution is -2.17. The number of hydrogen-bond acceptors (Lipinski definition) is 3. The molecule has 2 nitrogen and oxygen atoms in total. The summed E-state index contributed by atoms with van der Waals surface area (Å²) in [5.41, 5.74) is 0.743. The zero-order chi connectivity index (χ0) is 11.3. The molecule has 1 heterocycles. The molecule has 0 bridgehead atoms. The van der Waals surface area contributed by atoms with Gasteiger partial charge in [-0.05, 0) is 0 Å². The van der Waals surface area contributed by atoms with Crippen LogP contribution in [0.1, 0.15) is 10.7 Å². The van der Waals surface area contributed by atoms with E-state index in [9.17, 15) is 13.2 Å². The number of rotatable bonds is 5. The highest BCUT2D eigenvalue weighted by atomic mass is 35.5. The lowest BCUT2D eigenvalue weighted by Gasteiger charge is -2.05. The number of hydrogen-bond donors (Lipinski definition) is 0. The Labute approximate surface area is 94.0 Å². The van der Waals surface area contributed by atoms with Crippen molar-refractivity contribution in [3.8, 4) is 0 Å². The fourth-order valence-corrected chi connectivity index (χ4v) is 1.88. The Morgan fingerprint density at radius 2 is 2.20 bits per heavy atom. The molecular formula is C8H9ClF3NOS. The van der Waals surface area contributed by atoms with Gasteiger partial charge in [-0.25, -0.2) is 4.98 Å². The molecule has 0 aliphatic heterocycles. The minimum Gasteiger partial charge on any atom is -0.372 e. The first kappa shape index (κ1) is 12.7. The lowest BCUT2D eigenvalue weighted by atomic mass is 10.4. The molecule has 0 saturated heterocycles. The van der Waals surface area contributed by atoms with Crippen molar-refractivity contribution in [2.24, 2.45) is 0 Å². The standard InChI is InChI=1S/C8H9ClF3NOS/c9-3-6-4-15-7(13-6)1-2-14-5-8(10,11)12/h4H,1-3,5H2. The molecule has 15 heavy (non-hydrogen) atoms. The van der Waals surface area contributed by atoms with Crippen LogP contribution in [0.15, 0.2) is 5.38 Å². The second kappa shape index (κ2) is 5.67. The van der Waals surface area contributed by atoms with E-state index in [1.807, 2.05) is 0 Å². The number of thiazole rings is 1. The summed E-state index contributed by atoms with van der Waals surface area (Å²) in [5, 5.41) is 2.53. The summed E-state index contributed by atoms with van der Waals surface area (Å²) < 4.78 is 39.5. The molecule has 0 amide bonds. The first-order valence-electron chi connectivity index (χ1n) is 4.15. The Morgan fingerprint density at radius 3 is 2.73 bits per heavy atom. The number of halogens is 4. The van der Waals surface area contributed by atoms with Crippen molar-refractivity contribution in [2.45, 2.75) is 18.5 Å². The van der Waals surface area contributed by atoms with Crippen LogP contribution in [-0.4, -0.2) is 24.4 Å². The highest BCUT2D eigenvalue weighted by Gasteiger charge is 2.27. The minimum atomic E-state index is -4.26. The molecule has 1 aromatic heterocycles. The smallest absolute Gasteiger partial charge is 0.372 e. The van der Waals surface area contributed by atoms with Gasteiger partial charge in [-0.1, -0.05) is 0 Å². The summed E-state index contributed by atoms with van der Waals surface area (Å²) in [6.07, 6.45) is -3.87. The van der Waals surface area contributed by atoms with Gasteiger partial charge >= 0.3 is 6.18 Å². The summed E-state index contributed by atoms with van der Waals surface area (Å²) >= 11 is 6.90. The van der Waals surface area contributed by atoms with Crippen LogP contribution < -0.4 is 0 Å². The fraction of sp³-hybridized carbons (Fsp3) is 0.625. The molecule has 0 aromatic carbocycles. The first-order valence-corrected chi connectivity index (χ1v) is 5.56. The Morgan fingerprint density at radius 1 is 1.47 bits per heavy atom. The quantitative estimate of drug-likeness (QED) is 0.599. The molecular weight excluding hydrogens is 251 g/mol. The van der Waals surface area contributed by atoms with Gasteiger partial charge in [0, 0.05) is 11.8 Å². The SMILES string of the molecule is FC(F)(F)COCCc1nc(CCl)cs1. The van der Waals surface area contributed by atoms with E-state index in [1.54, 1.807) is 5.38 Å². The predicted octanol–water partition coefficient (Wildman–Crippen LogP) is 3.00. The zero-order valence-corrected chi connectivity index (χ0v) is 9.25. The van der Waals surface area contributed by atoms with E-state index in [0.717, 1.165) is 10.7 Å². The van der Waals surface area contributed by atoms with Gasteiger partial charge in [0.15, 0.2) is 0 Å². The zero-order valence-electron chi connectivity index (χ0n) is 7.68. The maximum Gasteiger partial charge on any atom is 0.411 e. The van der Waals surface area contributed by atoms with Crippen molar-refractivity contribution >= 4 is 22.9 Å². The van der Waals surface area contributed by atoms with Crippen molar-refractivity contribution in [3.05, 3.63) is 16.1 Å². The van der Waals surface area contributed by atoms with Crippen molar-refractivity contribution in [2.75, 3.05) is 13.2 Å². The van der Waals surface area contributed by atoms with Crippen LogP contribution in [0.4, 0.5) is 13.2 Å². The molecule has 0 spiro atoms. The molecule has 86 valence electrons. The van der Waals surface area contributed by atoms with E-state index >= 15 is 0 Å². The number of aromatic nitrogens is 1. The molecule has 1 rings (SSSR count). The van der Waals surface area contributed by atoms with E-state index in [2.05, 4.69) is 9.72 Å². The van der Waals surface area contributed by atoms with E-state index in [1.165, 1.54) is 11.3 Å². The fourth-order valence-electron chi connectivity index (χ4n) is 0.872. The summed E-state index contributed by atoms with van der Waals surface area (Å²) in [4.78, 5) is 4.09. The predicted molar refractivity (Wildman–Crippen MR) is 52.2 cm³/mol. The Bertz CT molecular complexity index is 302. The third-order valence-corrected chi connectivity index (χ3v) is 2.69. The number of alkyl halides is 4. The third kappa shape index (κ3) is 5.34. The maximum atomic E-state index is 11.7. The maximum absolute atomic E-state index is 11.7. The Balaban J connectivity index is 2.20.